The molecule has 0 saturated carbocycles. The van der Waals surface area contributed by atoms with Crippen molar-refractivity contribution in [1.29, 1.82) is 0 Å². The summed E-state index contributed by atoms with van der Waals surface area (Å²) in [5.41, 5.74) is 1.07. The summed E-state index contributed by atoms with van der Waals surface area (Å²) in [7, 11) is 0. The van der Waals surface area contributed by atoms with E-state index in [-0.39, 0.29) is 5.97 Å². The zero-order valence-electron chi connectivity index (χ0n) is 8.04. The van der Waals surface area contributed by atoms with Gasteiger partial charge in [0.25, 0.3) is 0 Å². The molecule has 0 aliphatic heterocycles. The second-order valence-corrected chi connectivity index (χ2v) is 2.79. The van der Waals surface area contributed by atoms with Crippen LogP contribution in [0.2, 0.25) is 0 Å². The molecule has 0 aromatic heterocycles. The Morgan fingerprint density at radius 3 is 2.62 bits per heavy atom. The van der Waals surface area contributed by atoms with Crippen LogP contribution in [0.15, 0.2) is 24.3 Å². The third-order valence-electron chi connectivity index (χ3n) is 1.87. The van der Waals surface area contributed by atoms with Gasteiger partial charge in [-0.05, 0) is 18.1 Å². The van der Waals surface area contributed by atoms with E-state index in [1.807, 2.05) is 31.2 Å². The Morgan fingerprint density at radius 2 is 2.00 bits per heavy atom. The SMILES string of the molecule is CCC(=O)Oc1ccccc1CC. The fourth-order valence-corrected chi connectivity index (χ4v) is 1.09. The quantitative estimate of drug-likeness (QED) is 0.525. The second-order valence-electron chi connectivity index (χ2n) is 2.79. The molecule has 0 aliphatic carbocycles. The largest absolute Gasteiger partial charge is 0.426 e. The van der Waals surface area contributed by atoms with E-state index in [0.29, 0.717) is 12.2 Å². The number of aryl methyl sites for hydroxylation is 1. The van der Waals surface area contributed by atoms with Gasteiger partial charge in [0.1, 0.15) is 5.75 Å². The van der Waals surface area contributed by atoms with Crippen LogP contribution in [0.4, 0.5) is 0 Å². The average molecular weight is 178 g/mol. The molecule has 2 nitrogen and oxygen atoms in total. The molecule has 0 unspecified atom stereocenters. The highest BCUT2D eigenvalue weighted by Crippen LogP contribution is 2.18. The van der Waals surface area contributed by atoms with E-state index in [1.165, 1.54) is 0 Å². The second kappa shape index (κ2) is 4.65. The van der Waals surface area contributed by atoms with Crippen LogP contribution in [0, 0.1) is 0 Å². The van der Waals surface area contributed by atoms with Gasteiger partial charge in [-0.2, -0.15) is 0 Å². The van der Waals surface area contributed by atoms with E-state index in [0.717, 1.165) is 12.0 Å². The highest BCUT2D eigenvalue weighted by Gasteiger charge is 2.04. The summed E-state index contributed by atoms with van der Waals surface area (Å²) in [5.74, 6) is 0.512. The predicted molar refractivity (Wildman–Crippen MR) is 51.7 cm³/mol. The van der Waals surface area contributed by atoms with E-state index in [2.05, 4.69) is 0 Å². The maximum Gasteiger partial charge on any atom is 0.310 e. The van der Waals surface area contributed by atoms with Crippen molar-refractivity contribution in [2.24, 2.45) is 0 Å². The van der Waals surface area contributed by atoms with Crippen LogP contribution in [0.5, 0.6) is 5.75 Å². The molecular formula is C11H14O2. The molecule has 1 aromatic carbocycles. The first-order chi connectivity index (χ1) is 6.27. The Hall–Kier alpha value is -1.31. The van der Waals surface area contributed by atoms with Gasteiger partial charge < -0.3 is 4.74 Å². The molecule has 0 fully saturated rings. The van der Waals surface area contributed by atoms with E-state index >= 15 is 0 Å². The van der Waals surface area contributed by atoms with Crippen LogP contribution in [-0.2, 0) is 11.2 Å². The van der Waals surface area contributed by atoms with Crippen LogP contribution in [0.25, 0.3) is 0 Å². The van der Waals surface area contributed by atoms with Crippen LogP contribution in [0.3, 0.4) is 0 Å². The molecule has 0 amide bonds. The van der Waals surface area contributed by atoms with E-state index in [9.17, 15) is 4.79 Å². The molecule has 1 aromatic rings. The van der Waals surface area contributed by atoms with Gasteiger partial charge in [-0.25, -0.2) is 0 Å². The van der Waals surface area contributed by atoms with Gasteiger partial charge in [-0.3, -0.25) is 4.79 Å². The van der Waals surface area contributed by atoms with Gasteiger partial charge in [-0.1, -0.05) is 32.0 Å². The third-order valence-corrected chi connectivity index (χ3v) is 1.87. The van der Waals surface area contributed by atoms with Crippen molar-refractivity contribution in [3.63, 3.8) is 0 Å². The normalized spacial score (nSPS) is 9.69. The van der Waals surface area contributed by atoms with E-state index < -0.39 is 0 Å². The average Bonchev–Trinajstić information content (AvgIpc) is 2.18. The summed E-state index contributed by atoms with van der Waals surface area (Å²) in [6.07, 6.45) is 1.30. The van der Waals surface area contributed by atoms with Crippen LogP contribution in [0.1, 0.15) is 25.8 Å². The van der Waals surface area contributed by atoms with Crippen LogP contribution in [-0.4, -0.2) is 5.97 Å². The van der Waals surface area contributed by atoms with Crippen molar-refractivity contribution in [2.75, 3.05) is 0 Å². The van der Waals surface area contributed by atoms with Crippen molar-refractivity contribution in [2.45, 2.75) is 26.7 Å². The molecule has 2 heteroatoms. The van der Waals surface area contributed by atoms with Crippen molar-refractivity contribution in [3.05, 3.63) is 29.8 Å². The molecular weight excluding hydrogens is 164 g/mol. The van der Waals surface area contributed by atoms with Crippen molar-refractivity contribution in [1.82, 2.24) is 0 Å². The molecule has 0 radical (unpaired) electrons. The van der Waals surface area contributed by atoms with Crippen molar-refractivity contribution in [3.8, 4) is 5.75 Å². The van der Waals surface area contributed by atoms with E-state index in [4.69, 9.17) is 4.74 Å². The Labute approximate surface area is 78.5 Å². The summed E-state index contributed by atoms with van der Waals surface area (Å²) in [5, 5.41) is 0. The molecule has 0 atom stereocenters. The Balaban J connectivity index is 2.81. The highest BCUT2D eigenvalue weighted by molar-refractivity contribution is 5.72. The maximum atomic E-state index is 11.0. The predicted octanol–water partition coefficient (Wildman–Crippen LogP) is 2.56. The number of benzene rings is 1. The Kier molecular flexibility index (Phi) is 3.50. The Bertz CT molecular complexity index is 292. The molecule has 0 saturated heterocycles. The Morgan fingerprint density at radius 1 is 1.31 bits per heavy atom. The molecule has 13 heavy (non-hydrogen) atoms. The number of esters is 1. The third kappa shape index (κ3) is 2.58. The summed E-state index contributed by atoms with van der Waals surface area (Å²) >= 11 is 0. The summed E-state index contributed by atoms with van der Waals surface area (Å²) in [6, 6.07) is 7.62. The molecule has 0 bridgehead atoms. The zero-order chi connectivity index (χ0) is 9.68. The highest BCUT2D eigenvalue weighted by atomic mass is 16.5. The summed E-state index contributed by atoms with van der Waals surface area (Å²) in [4.78, 5) is 11.0. The number of rotatable bonds is 3. The lowest BCUT2D eigenvalue weighted by atomic mass is 10.1. The molecule has 1 rings (SSSR count). The van der Waals surface area contributed by atoms with Gasteiger partial charge in [0.15, 0.2) is 0 Å². The minimum Gasteiger partial charge on any atom is -0.426 e. The van der Waals surface area contributed by atoms with Gasteiger partial charge >= 0.3 is 5.97 Å². The number of hydrogen-bond donors (Lipinski definition) is 0. The number of hydrogen-bond acceptors (Lipinski definition) is 2. The first kappa shape index (κ1) is 9.78. The molecule has 0 N–H and O–H groups in total. The fourth-order valence-electron chi connectivity index (χ4n) is 1.09. The first-order valence-corrected chi connectivity index (χ1v) is 4.56. The van der Waals surface area contributed by atoms with Gasteiger partial charge in [0.2, 0.25) is 0 Å². The number of para-hydroxylation sites is 1. The lowest BCUT2D eigenvalue weighted by molar-refractivity contribution is -0.134. The maximum absolute atomic E-state index is 11.0. The number of ether oxygens (including phenoxy) is 1. The lowest BCUT2D eigenvalue weighted by Gasteiger charge is -2.06. The standard InChI is InChI=1S/C11H14O2/c1-3-9-7-5-6-8-10(9)13-11(12)4-2/h5-8H,3-4H2,1-2H3. The van der Waals surface area contributed by atoms with Crippen molar-refractivity contribution < 1.29 is 9.53 Å². The minimum atomic E-state index is -0.180. The molecule has 0 aliphatic rings. The van der Waals surface area contributed by atoms with Gasteiger partial charge in [0, 0.05) is 6.42 Å². The summed E-state index contributed by atoms with van der Waals surface area (Å²) < 4.78 is 5.15. The topological polar surface area (TPSA) is 26.3 Å². The van der Waals surface area contributed by atoms with Gasteiger partial charge in [-0.15, -0.1) is 0 Å². The van der Waals surface area contributed by atoms with E-state index in [1.54, 1.807) is 6.92 Å². The lowest BCUT2D eigenvalue weighted by Crippen LogP contribution is -2.06. The summed E-state index contributed by atoms with van der Waals surface area (Å²) in [6.45, 7) is 3.83. The molecule has 0 spiro atoms. The monoisotopic (exact) mass is 178 g/mol. The van der Waals surface area contributed by atoms with Gasteiger partial charge in [0.05, 0.1) is 0 Å². The molecule has 0 heterocycles. The van der Waals surface area contributed by atoms with Crippen LogP contribution >= 0.6 is 0 Å². The molecule has 70 valence electrons. The van der Waals surface area contributed by atoms with Crippen molar-refractivity contribution >= 4 is 5.97 Å². The first-order valence-electron chi connectivity index (χ1n) is 4.56. The minimum absolute atomic E-state index is 0.180. The smallest absolute Gasteiger partial charge is 0.310 e. The van der Waals surface area contributed by atoms with Crippen LogP contribution < -0.4 is 4.74 Å². The number of carbonyl (C=O) groups is 1. The fraction of sp³-hybridized carbons (Fsp3) is 0.364. The number of carbonyl (C=O) groups excluding carboxylic acids is 1. The zero-order valence-corrected chi connectivity index (χ0v) is 8.04.